The molecule has 0 fully saturated rings. The maximum absolute atomic E-state index is 12.8. The first-order valence-electron chi connectivity index (χ1n) is 28.8. The summed E-state index contributed by atoms with van der Waals surface area (Å²) >= 11 is 0. The molecule has 0 saturated carbocycles. The van der Waals surface area contributed by atoms with E-state index in [0.29, 0.717) is 19.3 Å². The fourth-order valence-corrected chi connectivity index (χ4v) is 8.84. The quantitative estimate of drug-likeness (QED) is 0.0344. The molecule has 0 aromatic heterocycles. The Kier molecular flexibility index (Phi) is 49.6. The molecule has 0 saturated heterocycles. The highest BCUT2D eigenvalue weighted by Crippen LogP contribution is 2.18. The van der Waals surface area contributed by atoms with Gasteiger partial charge in [0.25, 0.3) is 0 Å². The van der Waals surface area contributed by atoms with Crippen LogP contribution in [0.3, 0.4) is 0 Å². The predicted octanol–water partition coefficient (Wildman–Crippen LogP) is 18.9. The Labute approximate surface area is 399 Å². The molecule has 380 valence electrons. The lowest BCUT2D eigenvalue weighted by Gasteiger charge is -2.18. The normalized spacial score (nSPS) is 12.5. The van der Waals surface area contributed by atoms with E-state index >= 15 is 0 Å². The Morgan fingerprint density at radius 2 is 0.594 bits per heavy atom. The van der Waals surface area contributed by atoms with Crippen LogP contribution in [0.2, 0.25) is 0 Å². The van der Waals surface area contributed by atoms with Gasteiger partial charge >= 0.3 is 17.9 Å². The lowest BCUT2D eigenvalue weighted by molar-refractivity contribution is -0.167. The van der Waals surface area contributed by atoms with Gasteiger partial charge in [-0.3, -0.25) is 14.4 Å². The van der Waals surface area contributed by atoms with Gasteiger partial charge in [-0.2, -0.15) is 0 Å². The summed E-state index contributed by atoms with van der Waals surface area (Å²) < 4.78 is 16.9. The summed E-state index contributed by atoms with van der Waals surface area (Å²) in [6, 6.07) is 0. The summed E-state index contributed by atoms with van der Waals surface area (Å²) in [6.07, 6.45) is 53.7. The summed E-state index contributed by atoms with van der Waals surface area (Å²) in [5.41, 5.74) is 0. The van der Waals surface area contributed by atoms with Gasteiger partial charge in [-0.25, -0.2) is 0 Å². The zero-order valence-electron chi connectivity index (χ0n) is 43.9. The number of rotatable bonds is 52. The van der Waals surface area contributed by atoms with E-state index in [4.69, 9.17) is 14.2 Å². The summed E-state index contributed by atoms with van der Waals surface area (Å²) in [7, 11) is 0. The lowest BCUT2D eigenvalue weighted by atomic mass is 9.99. The summed E-state index contributed by atoms with van der Waals surface area (Å²) in [5.74, 6) is 0.851. The molecule has 2 atom stereocenters. The molecule has 0 aromatic carbocycles. The predicted molar refractivity (Wildman–Crippen MR) is 275 cm³/mol. The number of unbranched alkanes of at least 4 members (excludes halogenated alkanes) is 36. The molecule has 0 spiro atoms. The second kappa shape index (κ2) is 50.8. The molecule has 1 unspecified atom stereocenters. The zero-order valence-corrected chi connectivity index (χ0v) is 43.9. The van der Waals surface area contributed by atoms with Gasteiger partial charge < -0.3 is 14.2 Å². The van der Waals surface area contributed by atoms with Crippen LogP contribution in [0.4, 0.5) is 0 Å². The Bertz CT molecular complexity index is 980. The molecule has 6 heteroatoms. The van der Waals surface area contributed by atoms with E-state index < -0.39 is 6.10 Å². The average molecular weight is 906 g/mol. The first-order chi connectivity index (χ1) is 31.3. The van der Waals surface area contributed by atoms with Crippen LogP contribution in [0.25, 0.3) is 0 Å². The summed E-state index contributed by atoms with van der Waals surface area (Å²) in [6.45, 7) is 11.4. The van der Waals surface area contributed by atoms with E-state index in [1.54, 1.807) is 0 Å². The molecule has 0 N–H and O–H groups in total. The first kappa shape index (κ1) is 62.4. The Balaban J connectivity index is 4.29. The maximum Gasteiger partial charge on any atom is 0.306 e. The van der Waals surface area contributed by atoms with Gasteiger partial charge in [-0.1, -0.05) is 285 Å². The summed E-state index contributed by atoms with van der Waals surface area (Å²) in [5, 5.41) is 0. The standard InChI is InChI=1S/C58H112O6/c1-6-8-9-10-11-12-13-14-15-16-17-22-25-28-35-40-45-50-58(61)64-55(52-63-57(60)49-44-39-34-30-29-32-37-42-47-54(5)7-2)51-62-56(59)48-43-38-33-27-24-21-19-18-20-23-26-31-36-41-46-53(3)4/h53-55H,6-52H2,1-5H3/t54?,55-/m1/s1. The van der Waals surface area contributed by atoms with Gasteiger partial charge in [0.1, 0.15) is 13.2 Å². The topological polar surface area (TPSA) is 78.9 Å². The molecule has 0 aliphatic rings. The largest absolute Gasteiger partial charge is 0.462 e. The molecular weight excluding hydrogens is 793 g/mol. The highest BCUT2D eigenvalue weighted by Gasteiger charge is 2.19. The summed E-state index contributed by atoms with van der Waals surface area (Å²) in [4.78, 5) is 38.1. The molecule has 6 nitrogen and oxygen atoms in total. The van der Waals surface area contributed by atoms with Crippen LogP contribution >= 0.6 is 0 Å². The molecule has 64 heavy (non-hydrogen) atoms. The molecule has 0 bridgehead atoms. The zero-order chi connectivity index (χ0) is 46.8. The van der Waals surface area contributed by atoms with Gasteiger partial charge in [0.2, 0.25) is 0 Å². The fourth-order valence-electron chi connectivity index (χ4n) is 8.84. The average Bonchev–Trinajstić information content (AvgIpc) is 3.28. The van der Waals surface area contributed by atoms with Gasteiger partial charge in [-0.05, 0) is 31.1 Å². The highest BCUT2D eigenvalue weighted by molar-refractivity contribution is 5.71. The maximum atomic E-state index is 12.8. The van der Waals surface area contributed by atoms with Crippen molar-refractivity contribution in [1.82, 2.24) is 0 Å². The van der Waals surface area contributed by atoms with Gasteiger partial charge in [0.05, 0.1) is 0 Å². The van der Waals surface area contributed by atoms with Crippen LogP contribution in [0.1, 0.15) is 324 Å². The second-order valence-corrected chi connectivity index (χ2v) is 20.6. The SMILES string of the molecule is CCCCCCCCCCCCCCCCCCCC(=O)O[C@H](COC(=O)CCCCCCCCCCCCCCCCC(C)C)COC(=O)CCCCCCCCCCC(C)CC. The smallest absolute Gasteiger partial charge is 0.306 e. The molecule has 0 radical (unpaired) electrons. The lowest BCUT2D eigenvalue weighted by Crippen LogP contribution is -2.30. The number of ether oxygens (including phenoxy) is 3. The van der Waals surface area contributed by atoms with E-state index in [1.165, 1.54) is 212 Å². The van der Waals surface area contributed by atoms with Crippen molar-refractivity contribution in [3.05, 3.63) is 0 Å². The minimum absolute atomic E-state index is 0.0631. The fraction of sp³-hybridized carbons (Fsp3) is 0.948. The second-order valence-electron chi connectivity index (χ2n) is 20.6. The van der Waals surface area contributed by atoms with E-state index in [9.17, 15) is 14.4 Å². The highest BCUT2D eigenvalue weighted by atomic mass is 16.6. The number of carbonyl (C=O) groups is 3. The van der Waals surface area contributed by atoms with Crippen molar-refractivity contribution in [2.75, 3.05) is 13.2 Å². The van der Waals surface area contributed by atoms with E-state index in [1.807, 2.05) is 0 Å². The number of hydrogen-bond acceptors (Lipinski definition) is 6. The number of esters is 3. The van der Waals surface area contributed by atoms with E-state index in [2.05, 4.69) is 34.6 Å². The van der Waals surface area contributed by atoms with Crippen LogP contribution in [0, 0.1) is 11.8 Å². The number of hydrogen-bond donors (Lipinski definition) is 0. The van der Waals surface area contributed by atoms with E-state index in [-0.39, 0.29) is 31.1 Å². The van der Waals surface area contributed by atoms with Crippen LogP contribution in [0.15, 0.2) is 0 Å². The van der Waals surface area contributed by atoms with Gasteiger partial charge in [-0.15, -0.1) is 0 Å². The first-order valence-corrected chi connectivity index (χ1v) is 28.8. The third-order valence-corrected chi connectivity index (χ3v) is 13.6. The minimum Gasteiger partial charge on any atom is -0.462 e. The van der Waals surface area contributed by atoms with Gasteiger partial charge in [0, 0.05) is 19.3 Å². The van der Waals surface area contributed by atoms with Crippen LogP contribution < -0.4 is 0 Å². The van der Waals surface area contributed by atoms with Crippen molar-refractivity contribution in [3.63, 3.8) is 0 Å². The van der Waals surface area contributed by atoms with Crippen molar-refractivity contribution in [1.29, 1.82) is 0 Å². The minimum atomic E-state index is -0.763. The molecular formula is C58H112O6. The van der Waals surface area contributed by atoms with E-state index in [0.717, 1.165) is 69.6 Å². The number of carbonyl (C=O) groups excluding carboxylic acids is 3. The molecule has 0 aliphatic heterocycles. The van der Waals surface area contributed by atoms with Crippen molar-refractivity contribution < 1.29 is 28.6 Å². The molecule has 0 heterocycles. The van der Waals surface area contributed by atoms with Crippen molar-refractivity contribution in [2.24, 2.45) is 11.8 Å². The molecule has 0 aromatic rings. The van der Waals surface area contributed by atoms with Crippen molar-refractivity contribution in [2.45, 2.75) is 330 Å². The van der Waals surface area contributed by atoms with Crippen LogP contribution in [-0.2, 0) is 28.6 Å². The molecule has 0 amide bonds. The third-order valence-electron chi connectivity index (χ3n) is 13.6. The van der Waals surface area contributed by atoms with Crippen molar-refractivity contribution >= 4 is 17.9 Å². The van der Waals surface area contributed by atoms with Gasteiger partial charge in [0.15, 0.2) is 6.10 Å². The van der Waals surface area contributed by atoms with Crippen LogP contribution in [-0.4, -0.2) is 37.2 Å². The monoisotopic (exact) mass is 905 g/mol. The molecule has 0 aliphatic carbocycles. The Hall–Kier alpha value is -1.59. The third kappa shape index (κ3) is 49.8. The van der Waals surface area contributed by atoms with Crippen molar-refractivity contribution in [3.8, 4) is 0 Å². The Morgan fingerprint density at radius 1 is 0.328 bits per heavy atom. The van der Waals surface area contributed by atoms with Crippen LogP contribution in [0.5, 0.6) is 0 Å². The Morgan fingerprint density at radius 3 is 0.891 bits per heavy atom. The molecule has 0 rings (SSSR count).